The van der Waals surface area contributed by atoms with E-state index in [4.69, 9.17) is 0 Å². The molecule has 0 aliphatic carbocycles. The zero-order valence-electron chi connectivity index (χ0n) is 13.8. The second-order valence-electron chi connectivity index (χ2n) is 5.57. The standard InChI is InChI=1S/C19H14F2N2O3S/c20-15-9-6-13(7-10-15)14-8-11-18(21)17(12-14)19(24)22-23-27(25,26)16-4-2-1-3-5-16/h1-12,23H,(H,22,24). The van der Waals surface area contributed by atoms with Crippen molar-refractivity contribution in [1.82, 2.24) is 10.3 Å². The van der Waals surface area contributed by atoms with Crippen molar-refractivity contribution in [2.45, 2.75) is 4.90 Å². The number of nitrogens with one attached hydrogen (secondary N) is 2. The predicted molar refractivity (Wildman–Crippen MR) is 96.0 cm³/mol. The Bertz CT molecular complexity index is 1070. The first-order valence-electron chi connectivity index (χ1n) is 7.79. The third-order valence-corrected chi connectivity index (χ3v) is 5.00. The maximum Gasteiger partial charge on any atom is 0.269 e. The summed E-state index contributed by atoms with van der Waals surface area (Å²) < 4.78 is 51.3. The number of carbonyl (C=O) groups excluding carboxylic acids is 1. The van der Waals surface area contributed by atoms with Gasteiger partial charge in [-0.3, -0.25) is 10.2 Å². The molecular formula is C19H14F2N2O3S. The SMILES string of the molecule is O=C(NNS(=O)(=O)c1ccccc1)c1cc(-c2ccc(F)cc2)ccc1F. The lowest BCUT2D eigenvalue weighted by Crippen LogP contribution is -2.41. The molecule has 3 aromatic rings. The minimum Gasteiger partial charge on any atom is -0.273 e. The summed E-state index contributed by atoms with van der Waals surface area (Å²) in [4.78, 5) is 14.1. The number of hydrogen-bond acceptors (Lipinski definition) is 3. The summed E-state index contributed by atoms with van der Waals surface area (Å²) in [6, 6.07) is 16.7. The Morgan fingerprint density at radius 3 is 2.11 bits per heavy atom. The smallest absolute Gasteiger partial charge is 0.269 e. The van der Waals surface area contributed by atoms with Gasteiger partial charge >= 0.3 is 0 Å². The molecule has 0 radical (unpaired) electrons. The lowest BCUT2D eigenvalue weighted by Gasteiger charge is -2.10. The van der Waals surface area contributed by atoms with Crippen molar-refractivity contribution >= 4 is 15.9 Å². The number of hydrazine groups is 1. The molecule has 3 aromatic carbocycles. The molecule has 0 saturated heterocycles. The van der Waals surface area contributed by atoms with Crippen LogP contribution in [0.25, 0.3) is 11.1 Å². The van der Waals surface area contributed by atoms with Gasteiger partial charge in [-0.15, -0.1) is 4.83 Å². The average Bonchev–Trinajstić information content (AvgIpc) is 2.68. The fourth-order valence-corrected chi connectivity index (χ4v) is 3.22. The summed E-state index contributed by atoms with van der Waals surface area (Å²) in [5, 5.41) is 0. The fraction of sp³-hybridized carbons (Fsp3) is 0. The van der Waals surface area contributed by atoms with Gasteiger partial charge in [0, 0.05) is 0 Å². The molecule has 0 saturated carbocycles. The fourth-order valence-electron chi connectivity index (χ4n) is 2.36. The van der Waals surface area contributed by atoms with Crippen LogP contribution in [0.1, 0.15) is 10.4 Å². The van der Waals surface area contributed by atoms with Crippen molar-refractivity contribution < 1.29 is 22.0 Å². The molecule has 0 fully saturated rings. The van der Waals surface area contributed by atoms with Crippen molar-refractivity contribution in [3.63, 3.8) is 0 Å². The van der Waals surface area contributed by atoms with Gasteiger partial charge in [-0.1, -0.05) is 36.4 Å². The normalized spacial score (nSPS) is 11.2. The molecule has 0 unspecified atom stereocenters. The topological polar surface area (TPSA) is 75.3 Å². The molecule has 0 aliphatic rings. The number of benzene rings is 3. The van der Waals surface area contributed by atoms with Crippen LogP contribution in [0.5, 0.6) is 0 Å². The molecule has 0 heterocycles. The molecule has 0 aliphatic heterocycles. The van der Waals surface area contributed by atoms with Crippen molar-refractivity contribution in [3.05, 3.63) is 90.0 Å². The van der Waals surface area contributed by atoms with Crippen molar-refractivity contribution in [2.24, 2.45) is 0 Å². The van der Waals surface area contributed by atoms with Gasteiger partial charge in [0.25, 0.3) is 15.9 Å². The van der Waals surface area contributed by atoms with Crippen molar-refractivity contribution in [1.29, 1.82) is 0 Å². The van der Waals surface area contributed by atoms with Crippen LogP contribution in [0.2, 0.25) is 0 Å². The maximum atomic E-state index is 14.0. The second kappa shape index (κ2) is 7.65. The third kappa shape index (κ3) is 4.36. The Balaban J connectivity index is 1.80. The Labute approximate surface area is 154 Å². The molecule has 138 valence electrons. The maximum absolute atomic E-state index is 14.0. The van der Waals surface area contributed by atoms with Gasteiger partial charge in [-0.25, -0.2) is 17.2 Å². The van der Waals surface area contributed by atoms with Gasteiger partial charge in [0.15, 0.2) is 0 Å². The zero-order valence-corrected chi connectivity index (χ0v) is 14.6. The van der Waals surface area contributed by atoms with Crippen molar-refractivity contribution in [2.75, 3.05) is 0 Å². The van der Waals surface area contributed by atoms with Gasteiger partial charge in [0.1, 0.15) is 11.6 Å². The van der Waals surface area contributed by atoms with E-state index in [2.05, 4.69) is 0 Å². The summed E-state index contributed by atoms with van der Waals surface area (Å²) in [6.45, 7) is 0. The first kappa shape index (κ1) is 18.7. The Hall–Kier alpha value is -3.10. The van der Waals surface area contributed by atoms with Crippen LogP contribution < -0.4 is 10.3 Å². The Morgan fingerprint density at radius 2 is 1.44 bits per heavy atom. The lowest BCUT2D eigenvalue weighted by molar-refractivity contribution is 0.0941. The molecule has 0 aromatic heterocycles. The second-order valence-corrected chi connectivity index (χ2v) is 7.26. The number of halogens is 2. The van der Waals surface area contributed by atoms with Gasteiger partial charge in [0.05, 0.1) is 10.5 Å². The molecule has 5 nitrogen and oxygen atoms in total. The van der Waals surface area contributed by atoms with Crippen LogP contribution in [0.15, 0.2) is 77.7 Å². The van der Waals surface area contributed by atoms with Crippen LogP contribution in [-0.4, -0.2) is 14.3 Å². The van der Waals surface area contributed by atoms with Crippen molar-refractivity contribution in [3.8, 4) is 11.1 Å². The highest BCUT2D eigenvalue weighted by atomic mass is 32.2. The van der Waals surface area contributed by atoms with E-state index >= 15 is 0 Å². The quantitative estimate of drug-likeness (QED) is 0.659. The predicted octanol–water partition coefficient (Wildman–Crippen LogP) is 3.26. The summed E-state index contributed by atoms with van der Waals surface area (Å²) in [7, 11) is -3.99. The number of sulfonamides is 1. The first-order valence-corrected chi connectivity index (χ1v) is 9.28. The highest BCUT2D eigenvalue weighted by Gasteiger charge is 2.18. The molecule has 27 heavy (non-hydrogen) atoms. The van der Waals surface area contributed by atoms with Gasteiger partial charge in [0.2, 0.25) is 0 Å². The van der Waals surface area contributed by atoms with E-state index < -0.39 is 27.6 Å². The van der Waals surface area contributed by atoms with Crippen LogP contribution in [0.4, 0.5) is 8.78 Å². The lowest BCUT2D eigenvalue weighted by atomic mass is 10.0. The number of hydrogen-bond donors (Lipinski definition) is 2. The highest BCUT2D eigenvalue weighted by Crippen LogP contribution is 2.22. The molecule has 0 atom stereocenters. The van der Waals surface area contributed by atoms with E-state index in [0.717, 1.165) is 6.07 Å². The summed E-state index contributed by atoms with van der Waals surface area (Å²) in [5.41, 5.74) is 2.69. The Morgan fingerprint density at radius 1 is 0.815 bits per heavy atom. The molecule has 0 spiro atoms. The number of rotatable bonds is 5. The molecule has 0 bridgehead atoms. The van der Waals surface area contributed by atoms with Crippen LogP contribution in [-0.2, 0) is 10.0 Å². The number of amides is 1. The van der Waals surface area contributed by atoms with Gasteiger partial charge < -0.3 is 0 Å². The summed E-state index contributed by atoms with van der Waals surface area (Å²) in [6.07, 6.45) is 0. The summed E-state index contributed by atoms with van der Waals surface area (Å²) >= 11 is 0. The average molecular weight is 388 g/mol. The van der Waals surface area contributed by atoms with E-state index in [0.29, 0.717) is 11.1 Å². The summed E-state index contributed by atoms with van der Waals surface area (Å²) in [5.74, 6) is -2.21. The highest BCUT2D eigenvalue weighted by molar-refractivity contribution is 7.89. The molecule has 2 N–H and O–H groups in total. The third-order valence-electron chi connectivity index (χ3n) is 3.74. The molecule has 1 amide bonds. The minimum absolute atomic E-state index is 0.0502. The first-order chi connectivity index (χ1) is 12.9. The molecular weight excluding hydrogens is 374 g/mol. The number of carbonyl (C=O) groups is 1. The van der Waals surface area contributed by atoms with Gasteiger partial charge in [-0.2, -0.15) is 0 Å². The van der Waals surface area contributed by atoms with Gasteiger partial charge in [-0.05, 0) is 47.5 Å². The minimum atomic E-state index is -3.99. The van der Waals surface area contributed by atoms with Crippen LogP contribution >= 0.6 is 0 Å². The zero-order chi connectivity index (χ0) is 19.4. The van der Waals surface area contributed by atoms with E-state index in [9.17, 15) is 22.0 Å². The molecule has 3 rings (SSSR count). The van der Waals surface area contributed by atoms with Crippen LogP contribution in [0.3, 0.4) is 0 Å². The monoisotopic (exact) mass is 388 g/mol. The Kier molecular flexibility index (Phi) is 5.29. The van der Waals surface area contributed by atoms with E-state index in [-0.39, 0.29) is 10.5 Å². The van der Waals surface area contributed by atoms with E-state index in [1.807, 2.05) is 10.3 Å². The largest absolute Gasteiger partial charge is 0.273 e. The molecule has 8 heteroatoms. The van der Waals surface area contributed by atoms with E-state index in [1.165, 1.54) is 60.7 Å². The van der Waals surface area contributed by atoms with Crippen LogP contribution in [0, 0.1) is 11.6 Å². The van der Waals surface area contributed by atoms with E-state index in [1.54, 1.807) is 6.07 Å².